The van der Waals surface area contributed by atoms with Crippen LogP contribution in [-0.2, 0) is 9.47 Å². The van der Waals surface area contributed by atoms with Crippen LogP contribution < -0.4 is 0 Å². The van der Waals surface area contributed by atoms with E-state index in [4.69, 9.17) is 9.47 Å². The molecule has 1 fully saturated rings. The van der Waals surface area contributed by atoms with Crippen molar-refractivity contribution in [1.29, 1.82) is 0 Å². The van der Waals surface area contributed by atoms with Crippen molar-refractivity contribution in [3.8, 4) is 0 Å². The molecule has 1 atom stereocenters. The summed E-state index contributed by atoms with van der Waals surface area (Å²) < 4.78 is 10.0. The third-order valence-corrected chi connectivity index (χ3v) is 1.27. The minimum atomic E-state index is -0.102. The van der Waals surface area contributed by atoms with E-state index in [0.717, 1.165) is 13.2 Å². The van der Waals surface area contributed by atoms with E-state index >= 15 is 0 Å². The van der Waals surface area contributed by atoms with E-state index in [-0.39, 0.29) is 6.41 Å². The van der Waals surface area contributed by atoms with Crippen LogP contribution in [0.25, 0.3) is 0 Å². The average molecular weight is 117 g/mol. The first-order valence-corrected chi connectivity index (χ1v) is 2.69. The number of methoxy groups -OCH3 is 1. The van der Waals surface area contributed by atoms with Gasteiger partial charge < -0.3 is 9.47 Å². The molecule has 8 heavy (non-hydrogen) atoms. The molecule has 1 aliphatic heterocycles. The van der Waals surface area contributed by atoms with Gasteiger partial charge in [-0.3, -0.25) is 4.90 Å². The van der Waals surface area contributed by atoms with Gasteiger partial charge in [0.15, 0.2) is 0 Å². The summed E-state index contributed by atoms with van der Waals surface area (Å²) in [6.07, 6.45) is -0.102. The Kier molecular flexibility index (Phi) is 1.83. The number of likely N-dealkylation sites (N-methyl/N-ethyl adjacent to an activating group) is 1. The molecule has 0 bridgehead atoms. The molecule has 1 saturated heterocycles. The number of hydrogen-bond donors (Lipinski definition) is 0. The third kappa shape index (κ3) is 0.992. The van der Waals surface area contributed by atoms with Gasteiger partial charge in [-0.25, -0.2) is 0 Å². The van der Waals surface area contributed by atoms with E-state index in [1.54, 1.807) is 7.11 Å². The number of nitrogens with zero attached hydrogens (tertiary/aromatic N) is 1. The number of ether oxygens (including phenoxy) is 2. The molecule has 1 rings (SSSR count). The maximum Gasteiger partial charge on any atom is 0.218 e. The van der Waals surface area contributed by atoms with Gasteiger partial charge in [-0.15, -0.1) is 0 Å². The molecule has 3 nitrogen and oxygen atoms in total. The Morgan fingerprint density at radius 2 is 2.50 bits per heavy atom. The summed E-state index contributed by atoms with van der Waals surface area (Å²) in [4.78, 5) is 2.01. The van der Waals surface area contributed by atoms with E-state index in [1.165, 1.54) is 0 Å². The lowest BCUT2D eigenvalue weighted by Crippen LogP contribution is -2.27. The van der Waals surface area contributed by atoms with Crippen molar-refractivity contribution in [2.24, 2.45) is 0 Å². The largest absolute Gasteiger partial charge is 0.343 e. The van der Waals surface area contributed by atoms with Gasteiger partial charge in [-0.2, -0.15) is 0 Å². The molecule has 0 saturated carbocycles. The van der Waals surface area contributed by atoms with Gasteiger partial charge in [-0.05, 0) is 7.05 Å². The van der Waals surface area contributed by atoms with Crippen molar-refractivity contribution in [2.75, 3.05) is 27.3 Å². The van der Waals surface area contributed by atoms with Gasteiger partial charge in [-0.1, -0.05) is 0 Å². The zero-order valence-corrected chi connectivity index (χ0v) is 5.26. The second kappa shape index (κ2) is 2.44. The highest BCUT2D eigenvalue weighted by Crippen LogP contribution is 2.05. The van der Waals surface area contributed by atoms with Crippen molar-refractivity contribution in [3.05, 3.63) is 0 Å². The molecule has 48 valence electrons. The molecule has 0 amide bonds. The van der Waals surface area contributed by atoms with Crippen molar-refractivity contribution >= 4 is 0 Å². The summed E-state index contributed by atoms with van der Waals surface area (Å²) in [5.74, 6) is 0. The molecule has 0 aromatic heterocycles. The van der Waals surface area contributed by atoms with Gasteiger partial charge >= 0.3 is 0 Å². The summed E-state index contributed by atoms with van der Waals surface area (Å²) in [6.45, 7) is 1.76. The van der Waals surface area contributed by atoms with Crippen LogP contribution in [0.15, 0.2) is 0 Å². The van der Waals surface area contributed by atoms with Crippen molar-refractivity contribution in [3.63, 3.8) is 0 Å². The third-order valence-electron chi connectivity index (χ3n) is 1.27. The summed E-state index contributed by atoms with van der Waals surface area (Å²) in [6, 6.07) is 0. The normalized spacial score (nSPS) is 31.5. The predicted molar refractivity (Wildman–Crippen MR) is 29.4 cm³/mol. The number of hydrogen-bond acceptors (Lipinski definition) is 3. The van der Waals surface area contributed by atoms with Gasteiger partial charge in [0.25, 0.3) is 0 Å². The monoisotopic (exact) mass is 117 g/mol. The zero-order valence-electron chi connectivity index (χ0n) is 5.26. The molecule has 1 aliphatic rings. The van der Waals surface area contributed by atoms with Crippen LogP contribution in [0, 0.1) is 0 Å². The first kappa shape index (κ1) is 6.01. The Hall–Kier alpha value is -0.120. The topological polar surface area (TPSA) is 21.7 Å². The maximum atomic E-state index is 5.12. The van der Waals surface area contributed by atoms with Crippen LogP contribution in [0.1, 0.15) is 0 Å². The maximum absolute atomic E-state index is 5.12. The SMILES string of the molecule is COC1OCCN1C. The molecule has 3 heteroatoms. The predicted octanol–water partition coefficient (Wildman–Crippen LogP) is -0.122. The Bertz CT molecular complexity index is 76.8. The van der Waals surface area contributed by atoms with E-state index < -0.39 is 0 Å². The van der Waals surface area contributed by atoms with Crippen LogP contribution in [0.3, 0.4) is 0 Å². The molecular weight excluding hydrogens is 106 g/mol. The van der Waals surface area contributed by atoms with Gasteiger partial charge in [0, 0.05) is 13.7 Å². The van der Waals surface area contributed by atoms with Gasteiger partial charge in [0.2, 0.25) is 6.41 Å². The van der Waals surface area contributed by atoms with Crippen LogP contribution in [-0.4, -0.2) is 38.6 Å². The zero-order chi connectivity index (χ0) is 5.98. The van der Waals surface area contributed by atoms with Crippen molar-refractivity contribution in [1.82, 2.24) is 4.90 Å². The fourth-order valence-corrected chi connectivity index (χ4v) is 0.778. The van der Waals surface area contributed by atoms with Crippen LogP contribution >= 0.6 is 0 Å². The first-order chi connectivity index (χ1) is 3.84. The van der Waals surface area contributed by atoms with Gasteiger partial charge in [0.1, 0.15) is 0 Å². The second-order valence-electron chi connectivity index (χ2n) is 1.89. The molecule has 0 spiro atoms. The minimum absolute atomic E-state index is 0.102. The van der Waals surface area contributed by atoms with Crippen molar-refractivity contribution < 1.29 is 9.47 Å². The molecule has 0 radical (unpaired) electrons. The quantitative estimate of drug-likeness (QED) is 0.478. The highest BCUT2D eigenvalue weighted by Gasteiger charge is 2.19. The molecular formula is C5H11NO2. The minimum Gasteiger partial charge on any atom is -0.343 e. The van der Waals surface area contributed by atoms with Gasteiger partial charge in [0.05, 0.1) is 6.61 Å². The fraction of sp³-hybridized carbons (Fsp3) is 1.00. The Morgan fingerprint density at radius 1 is 1.75 bits per heavy atom. The van der Waals surface area contributed by atoms with Crippen molar-refractivity contribution in [2.45, 2.75) is 6.41 Å². The van der Waals surface area contributed by atoms with E-state index in [1.807, 2.05) is 11.9 Å². The lowest BCUT2D eigenvalue weighted by molar-refractivity contribution is -0.149. The first-order valence-electron chi connectivity index (χ1n) is 2.69. The standard InChI is InChI=1S/C5H11NO2/c1-6-3-4-8-5(6)7-2/h5H,3-4H2,1-2H3. The highest BCUT2D eigenvalue weighted by molar-refractivity contribution is 4.55. The highest BCUT2D eigenvalue weighted by atomic mass is 16.7. The Balaban J connectivity index is 2.30. The lowest BCUT2D eigenvalue weighted by atomic mass is 10.7. The van der Waals surface area contributed by atoms with E-state index in [2.05, 4.69) is 0 Å². The molecule has 0 N–H and O–H groups in total. The van der Waals surface area contributed by atoms with E-state index in [0.29, 0.717) is 0 Å². The lowest BCUT2D eigenvalue weighted by Gasteiger charge is -2.14. The second-order valence-corrected chi connectivity index (χ2v) is 1.89. The molecule has 1 unspecified atom stereocenters. The fourth-order valence-electron chi connectivity index (χ4n) is 0.778. The van der Waals surface area contributed by atoms with Crippen LogP contribution in [0.5, 0.6) is 0 Å². The molecule has 1 heterocycles. The Morgan fingerprint density at radius 3 is 2.75 bits per heavy atom. The number of rotatable bonds is 1. The molecule has 0 aromatic carbocycles. The van der Waals surface area contributed by atoms with E-state index in [9.17, 15) is 0 Å². The molecule has 0 aliphatic carbocycles. The summed E-state index contributed by atoms with van der Waals surface area (Å²) in [5, 5.41) is 0. The smallest absolute Gasteiger partial charge is 0.218 e. The average Bonchev–Trinajstić information content (AvgIpc) is 2.14. The summed E-state index contributed by atoms with van der Waals surface area (Å²) >= 11 is 0. The van der Waals surface area contributed by atoms with Crippen LogP contribution in [0.2, 0.25) is 0 Å². The molecule has 0 aromatic rings. The van der Waals surface area contributed by atoms with Crippen LogP contribution in [0.4, 0.5) is 0 Å². The summed E-state index contributed by atoms with van der Waals surface area (Å²) in [7, 11) is 3.62. The summed E-state index contributed by atoms with van der Waals surface area (Å²) in [5.41, 5.74) is 0. The Labute approximate surface area is 49.2 Å².